The molecule has 0 saturated carbocycles. The second kappa shape index (κ2) is 6.79. The molecule has 1 aliphatic rings. The van der Waals surface area contributed by atoms with Crippen molar-refractivity contribution in [2.75, 3.05) is 20.1 Å². The summed E-state index contributed by atoms with van der Waals surface area (Å²) in [6.45, 7) is 3.76. The van der Waals surface area contributed by atoms with Crippen LogP contribution in [0.15, 0.2) is 18.2 Å². The summed E-state index contributed by atoms with van der Waals surface area (Å²) in [5, 5.41) is 4.49. The van der Waals surface area contributed by atoms with Crippen LogP contribution in [0.3, 0.4) is 0 Å². The van der Waals surface area contributed by atoms with Gasteiger partial charge in [-0.1, -0.05) is 29.3 Å². The van der Waals surface area contributed by atoms with E-state index in [1.807, 2.05) is 20.0 Å². The minimum Gasteiger partial charge on any atom is -0.339 e. The van der Waals surface area contributed by atoms with Crippen LogP contribution in [0, 0.1) is 5.92 Å². The molecule has 1 unspecified atom stereocenters. The van der Waals surface area contributed by atoms with Crippen molar-refractivity contribution in [2.45, 2.75) is 25.8 Å². The van der Waals surface area contributed by atoms with Crippen molar-refractivity contribution >= 4 is 29.1 Å². The molecule has 1 saturated heterocycles. The predicted molar refractivity (Wildman–Crippen MR) is 83.2 cm³/mol. The van der Waals surface area contributed by atoms with Gasteiger partial charge in [-0.25, -0.2) is 0 Å². The van der Waals surface area contributed by atoms with E-state index in [2.05, 4.69) is 5.32 Å². The molecule has 1 amide bonds. The molecule has 5 heteroatoms. The molecule has 1 fully saturated rings. The smallest absolute Gasteiger partial charge is 0.227 e. The number of nitrogens with one attached hydrogen (secondary N) is 1. The maximum atomic E-state index is 12.5. The molecule has 2 atom stereocenters. The second-order valence-electron chi connectivity index (χ2n) is 5.33. The lowest BCUT2D eigenvalue weighted by Crippen LogP contribution is -2.42. The minimum atomic E-state index is -0.0609. The molecule has 0 bridgehead atoms. The molecule has 20 heavy (non-hydrogen) atoms. The van der Waals surface area contributed by atoms with E-state index in [9.17, 15) is 4.79 Å². The Morgan fingerprint density at radius 2 is 2.20 bits per heavy atom. The lowest BCUT2D eigenvalue weighted by atomic mass is 9.97. The lowest BCUT2D eigenvalue weighted by molar-refractivity contribution is -0.136. The summed E-state index contributed by atoms with van der Waals surface area (Å²) in [6, 6.07) is 5.35. The average molecular weight is 315 g/mol. The van der Waals surface area contributed by atoms with Crippen molar-refractivity contribution in [3.8, 4) is 0 Å². The van der Waals surface area contributed by atoms with Gasteiger partial charge in [0.25, 0.3) is 0 Å². The third-order valence-corrected chi connectivity index (χ3v) is 4.55. The Labute approximate surface area is 130 Å². The van der Waals surface area contributed by atoms with Crippen molar-refractivity contribution in [1.29, 1.82) is 0 Å². The maximum Gasteiger partial charge on any atom is 0.227 e. The molecular formula is C15H20Cl2N2O. The van der Waals surface area contributed by atoms with Crippen molar-refractivity contribution in [3.05, 3.63) is 33.8 Å². The van der Waals surface area contributed by atoms with E-state index in [1.54, 1.807) is 17.0 Å². The Morgan fingerprint density at radius 3 is 2.80 bits per heavy atom. The zero-order valence-corrected chi connectivity index (χ0v) is 13.3. The Balaban J connectivity index is 2.10. The number of amides is 1. The van der Waals surface area contributed by atoms with Crippen LogP contribution < -0.4 is 5.32 Å². The van der Waals surface area contributed by atoms with Gasteiger partial charge in [0.1, 0.15) is 0 Å². The zero-order chi connectivity index (χ0) is 14.7. The molecule has 1 heterocycles. The topological polar surface area (TPSA) is 32.3 Å². The highest BCUT2D eigenvalue weighted by molar-refractivity contribution is 6.35. The first kappa shape index (κ1) is 15.6. The van der Waals surface area contributed by atoms with Gasteiger partial charge in [0.2, 0.25) is 5.91 Å². The van der Waals surface area contributed by atoms with Crippen molar-refractivity contribution in [2.24, 2.45) is 5.92 Å². The summed E-state index contributed by atoms with van der Waals surface area (Å²) in [7, 11) is 1.84. The number of halogens is 2. The summed E-state index contributed by atoms with van der Waals surface area (Å²) in [5.74, 6) is 0.248. The number of rotatable bonds is 3. The van der Waals surface area contributed by atoms with Crippen molar-refractivity contribution in [3.63, 3.8) is 0 Å². The number of piperidine rings is 1. The Kier molecular flexibility index (Phi) is 5.30. The predicted octanol–water partition coefficient (Wildman–Crippen LogP) is 3.51. The third kappa shape index (κ3) is 3.46. The summed E-state index contributed by atoms with van der Waals surface area (Å²) in [5.41, 5.74) is 0.927. The number of nitrogens with zero attached hydrogens (tertiary/aromatic N) is 1. The van der Waals surface area contributed by atoms with E-state index in [-0.39, 0.29) is 17.9 Å². The average Bonchev–Trinajstić information content (AvgIpc) is 2.46. The monoisotopic (exact) mass is 314 g/mol. The van der Waals surface area contributed by atoms with Gasteiger partial charge in [-0.05, 0) is 44.0 Å². The molecule has 1 N–H and O–H groups in total. The normalized spacial score (nSPS) is 20.5. The molecule has 1 aromatic rings. The number of carbonyl (C=O) groups excluding carboxylic acids is 1. The van der Waals surface area contributed by atoms with Gasteiger partial charge in [0, 0.05) is 23.6 Å². The van der Waals surface area contributed by atoms with E-state index in [4.69, 9.17) is 23.2 Å². The number of carbonyl (C=O) groups is 1. The molecule has 110 valence electrons. The molecule has 1 aliphatic heterocycles. The van der Waals surface area contributed by atoms with E-state index in [1.165, 1.54) is 0 Å². The van der Waals surface area contributed by atoms with Crippen LogP contribution in [0.25, 0.3) is 0 Å². The van der Waals surface area contributed by atoms with Gasteiger partial charge < -0.3 is 10.2 Å². The maximum absolute atomic E-state index is 12.5. The van der Waals surface area contributed by atoms with E-state index in [0.29, 0.717) is 10.0 Å². The molecule has 0 spiro atoms. The molecule has 1 aromatic carbocycles. The molecule has 3 nitrogen and oxygen atoms in total. The fourth-order valence-electron chi connectivity index (χ4n) is 2.59. The quantitative estimate of drug-likeness (QED) is 0.926. The van der Waals surface area contributed by atoms with Crippen LogP contribution in [0.2, 0.25) is 10.0 Å². The zero-order valence-electron chi connectivity index (χ0n) is 11.8. The van der Waals surface area contributed by atoms with Crippen LogP contribution in [-0.4, -0.2) is 30.9 Å². The van der Waals surface area contributed by atoms with Crippen LogP contribution in [0.4, 0.5) is 0 Å². The van der Waals surface area contributed by atoms with Crippen molar-refractivity contribution < 1.29 is 4.79 Å². The highest BCUT2D eigenvalue weighted by atomic mass is 35.5. The lowest BCUT2D eigenvalue weighted by Gasteiger charge is -2.31. The molecule has 0 aliphatic carbocycles. The van der Waals surface area contributed by atoms with Gasteiger partial charge in [0.05, 0.1) is 12.0 Å². The van der Waals surface area contributed by atoms with Crippen molar-refractivity contribution in [1.82, 2.24) is 10.2 Å². The largest absolute Gasteiger partial charge is 0.339 e. The highest BCUT2D eigenvalue weighted by Crippen LogP contribution is 2.30. The number of benzene rings is 1. The van der Waals surface area contributed by atoms with Gasteiger partial charge in [-0.15, -0.1) is 0 Å². The van der Waals surface area contributed by atoms with Gasteiger partial charge in [-0.3, -0.25) is 4.79 Å². The van der Waals surface area contributed by atoms with E-state index in [0.717, 1.165) is 31.5 Å². The Hall–Kier alpha value is -0.770. The van der Waals surface area contributed by atoms with Gasteiger partial charge in [0.15, 0.2) is 0 Å². The molecule has 0 aromatic heterocycles. The molecule has 2 rings (SSSR count). The number of hydrogen-bond acceptors (Lipinski definition) is 2. The fourth-order valence-corrected chi connectivity index (χ4v) is 3.16. The standard InChI is InChI=1S/C15H20Cl2N2O/c1-10(13-6-5-12(16)8-14(13)17)19(2)15(20)11-4-3-7-18-9-11/h5-6,8,10-11,18H,3-4,7,9H2,1-2H3/t10?,11-/m1/s1. The van der Waals surface area contributed by atoms with E-state index < -0.39 is 0 Å². The van der Waals surface area contributed by atoms with Crippen LogP contribution in [-0.2, 0) is 4.79 Å². The van der Waals surface area contributed by atoms with E-state index >= 15 is 0 Å². The summed E-state index contributed by atoms with van der Waals surface area (Å²) in [6.07, 6.45) is 2.01. The SMILES string of the molecule is CC(c1ccc(Cl)cc1Cl)N(C)C(=O)[C@@H]1CCCNC1. The van der Waals surface area contributed by atoms with Crippen LogP contribution in [0.5, 0.6) is 0 Å². The Morgan fingerprint density at radius 1 is 1.45 bits per heavy atom. The first-order chi connectivity index (χ1) is 9.50. The molecular weight excluding hydrogens is 295 g/mol. The summed E-state index contributed by atoms with van der Waals surface area (Å²) < 4.78 is 0. The fraction of sp³-hybridized carbons (Fsp3) is 0.533. The highest BCUT2D eigenvalue weighted by Gasteiger charge is 2.27. The summed E-state index contributed by atoms with van der Waals surface area (Å²) >= 11 is 12.1. The minimum absolute atomic E-state index is 0.0609. The van der Waals surface area contributed by atoms with Crippen LogP contribution in [0.1, 0.15) is 31.4 Å². The summed E-state index contributed by atoms with van der Waals surface area (Å²) in [4.78, 5) is 14.3. The Bertz CT molecular complexity index is 487. The third-order valence-electron chi connectivity index (χ3n) is 3.99. The first-order valence-corrected chi connectivity index (χ1v) is 7.68. The number of hydrogen-bond donors (Lipinski definition) is 1. The van der Waals surface area contributed by atoms with Gasteiger partial charge in [-0.2, -0.15) is 0 Å². The molecule has 0 radical (unpaired) electrons. The van der Waals surface area contributed by atoms with Crippen LogP contribution >= 0.6 is 23.2 Å². The first-order valence-electron chi connectivity index (χ1n) is 6.93. The second-order valence-corrected chi connectivity index (χ2v) is 6.18. The van der Waals surface area contributed by atoms with Gasteiger partial charge >= 0.3 is 0 Å².